The Bertz CT molecular complexity index is 570. The van der Waals surface area contributed by atoms with Gasteiger partial charge in [-0.05, 0) is 38.5 Å². The van der Waals surface area contributed by atoms with E-state index in [9.17, 15) is 4.39 Å². The van der Waals surface area contributed by atoms with Crippen LogP contribution in [-0.4, -0.2) is 4.98 Å². The molecular weight excluding hydrogens is 283 g/mol. The van der Waals surface area contributed by atoms with Crippen LogP contribution in [0.25, 0.3) is 0 Å². The van der Waals surface area contributed by atoms with Gasteiger partial charge in [-0.25, -0.2) is 9.37 Å². The molecule has 2 aromatic rings. The van der Waals surface area contributed by atoms with Crippen LogP contribution in [0.1, 0.15) is 42.2 Å². The molecular formula is C14H16ClFN2S. The van der Waals surface area contributed by atoms with Gasteiger partial charge in [0, 0.05) is 22.1 Å². The maximum atomic E-state index is 13.0. The number of benzene rings is 1. The van der Waals surface area contributed by atoms with Crippen LogP contribution < -0.4 is 5.32 Å². The van der Waals surface area contributed by atoms with E-state index in [1.165, 1.54) is 12.1 Å². The molecule has 5 heteroatoms. The Balaban J connectivity index is 2.10. The van der Waals surface area contributed by atoms with Crippen LogP contribution in [0, 0.1) is 12.7 Å². The summed E-state index contributed by atoms with van der Waals surface area (Å²) in [6.07, 6.45) is 0. The smallest absolute Gasteiger partial charge is 0.124 e. The second-order valence-corrected chi connectivity index (χ2v) is 5.90. The van der Waals surface area contributed by atoms with Gasteiger partial charge in [-0.1, -0.05) is 17.7 Å². The van der Waals surface area contributed by atoms with Crippen molar-refractivity contribution in [1.82, 2.24) is 10.3 Å². The third-order valence-electron chi connectivity index (χ3n) is 2.94. The maximum Gasteiger partial charge on any atom is 0.124 e. The molecule has 0 aliphatic heterocycles. The van der Waals surface area contributed by atoms with Gasteiger partial charge < -0.3 is 5.32 Å². The van der Waals surface area contributed by atoms with E-state index in [0.29, 0.717) is 5.02 Å². The molecule has 1 aromatic carbocycles. The van der Waals surface area contributed by atoms with Crippen LogP contribution in [0.3, 0.4) is 0 Å². The van der Waals surface area contributed by atoms with Crippen molar-refractivity contribution in [2.45, 2.75) is 32.9 Å². The normalized spacial score (nSPS) is 14.4. The summed E-state index contributed by atoms with van der Waals surface area (Å²) in [6.45, 7) is 6.05. The molecule has 0 fully saturated rings. The number of rotatable bonds is 4. The average molecular weight is 299 g/mol. The van der Waals surface area contributed by atoms with Crippen molar-refractivity contribution in [3.8, 4) is 0 Å². The fourth-order valence-electron chi connectivity index (χ4n) is 1.96. The van der Waals surface area contributed by atoms with Crippen LogP contribution in [0.4, 0.5) is 4.39 Å². The quantitative estimate of drug-likeness (QED) is 0.888. The lowest BCUT2D eigenvalue weighted by molar-refractivity contribution is 0.492. The van der Waals surface area contributed by atoms with Crippen LogP contribution in [0.5, 0.6) is 0 Å². The first-order valence-corrected chi connectivity index (χ1v) is 7.36. The molecule has 2 atom stereocenters. The molecule has 0 saturated carbocycles. The number of thiazole rings is 1. The number of aromatic nitrogens is 1. The lowest BCUT2D eigenvalue weighted by Crippen LogP contribution is -2.22. The Morgan fingerprint density at radius 1 is 1.32 bits per heavy atom. The molecule has 1 heterocycles. The summed E-state index contributed by atoms with van der Waals surface area (Å²) in [5.41, 5.74) is 1.92. The summed E-state index contributed by atoms with van der Waals surface area (Å²) >= 11 is 7.70. The van der Waals surface area contributed by atoms with Crippen molar-refractivity contribution in [1.29, 1.82) is 0 Å². The van der Waals surface area contributed by atoms with E-state index < -0.39 is 0 Å². The number of nitrogens with one attached hydrogen (secondary N) is 1. The van der Waals surface area contributed by atoms with E-state index in [1.54, 1.807) is 17.4 Å². The Hall–Kier alpha value is -0.970. The number of hydrogen-bond acceptors (Lipinski definition) is 3. The van der Waals surface area contributed by atoms with Gasteiger partial charge in [0.05, 0.1) is 6.04 Å². The molecule has 19 heavy (non-hydrogen) atoms. The minimum atomic E-state index is -0.315. The van der Waals surface area contributed by atoms with Gasteiger partial charge in [0.25, 0.3) is 0 Å². The SMILES string of the molecule is Cc1csc(C(C)NC(C)c2ccc(F)cc2Cl)n1. The molecule has 2 rings (SSSR count). The van der Waals surface area contributed by atoms with Crippen molar-refractivity contribution < 1.29 is 4.39 Å². The van der Waals surface area contributed by atoms with Gasteiger partial charge >= 0.3 is 0 Å². The number of nitrogens with zero attached hydrogens (tertiary/aromatic N) is 1. The first kappa shape index (κ1) is 14.4. The van der Waals surface area contributed by atoms with Gasteiger partial charge in [0.15, 0.2) is 0 Å². The summed E-state index contributed by atoms with van der Waals surface area (Å²) < 4.78 is 13.0. The van der Waals surface area contributed by atoms with Gasteiger partial charge in [-0.3, -0.25) is 0 Å². The van der Waals surface area contributed by atoms with Crippen molar-refractivity contribution in [2.24, 2.45) is 0 Å². The molecule has 2 unspecified atom stereocenters. The second-order valence-electron chi connectivity index (χ2n) is 4.60. The van der Waals surface area contributed by atoms with Crippen LogP contribution >= 0.6 is 22.9 Å². The minimum Gasteiger partial charge on any atom is -0.301 e. The van der Waals surface area contributed by atoms with Crippen molar-refractivity contribution >= 4 is 22.9 Å². The van der Waals surface area contributed by atoms with Gasteiger partial charge in [-0.2, -0.15) is 0 Å². The molecule has 0 aliphatic carbocycles. The lowest BCUT2D eigenvalue weighted by Gasteiger charge is -2.19. The maximum absolute atomic E-state index is 13.0. The highest BCUT2D eigenvalue weighted by atomic mass is 35.5. The first-order valence-electron chi connectivity index (χ1n) is 6.10. The standard InChI is InChI=1S/C14H16ClFN2S/c1-8-7-19-14(17-8)10(3)18-9(2)12-5-4-11(16)6-13(12)15/h4-7,9-10,18H,1-3H3. The highest BCUT2D eigenvalue weighted by molar-refractivity contribution is 7.09. The Morgan fingerprint density at radius 2 is 2.05 bits per heavy atom. The van der Waals surface area contributed by atoms with Gasteiger partial charge in [0.1, 0.15) is 10.8 Å². The molecule has 0 spiro atoms. The molecule has 102 valence electrons. The highest BCUT2D eigenvalue weighted by Gasteiger charge is 2.16. The summed E-state index contributed by atoms with van der Waals surface area (Å²) in [5.74, 6) is -0.315. The third kappa shape index (κ3) is 3.53. The van der Waals surface area contributed by atoms with Crippen LogP contribution in [0.15, 0.2) is 23.6 Å². The first-order chi connectivity index (χ1) is 8.97. The molecule has 1 N–H and O–H groups in total. The van der Waals surface area contributed by atoms with Crippen molar-refractivity contribution in [3.05, 3.63) is 50.7 Å². The van der Waals surface area contributed by atoms with Crippen LogP contribution in [0.2, 0.25) is 5.02 Å². The van der Waals surface area contributed by atoms with Crippen LogP contribution in [-0.2, 0) is 0 Å². The fraction of sp³-hybridized carbons (Fsp3) is 0.357. The van der Waals surface area contributed by atoms with Crippen molar-refractivity contribution in [2.75, 3.05) is 0 Å². The third-order valence-corrected chi connectivity index (χ3v) is 4.41. The number of halogens is 2. The molecule has 0 bridgehead atoms. The molecule has 0 aliphatic rings. The average Bonchev–Trinajstić information content (AvgIpc) is 2.75. The molecule has 0 radical (unpaired) electrons. The van der Waals surface area contributed by atoms with E-state index in [1.807, 2.05) is 19.2 Å². The van der Waals surface area contributed by atoms with E-state index in [0.717, 1.165) is 16.3 Å². The summed E-state index contributed by atoms with van der Waals surface area (Å²) in [4.78, 5) is 4.46. The Kier molecular flexibility index (Phi) is 4.55. The topological polar surface area (TPSA) is 24.9 Å². The largest absolute Gasteiger partial charge is 0.301 e. The zero-order chi connectivity index (χ0) is 14.0. The summed E-state index contributed by atoms with van der Waals surface area (Å²) in [6, 6.07) is 4.65. The van der Waals surface area contributed by atoms with E-state index in [4.69, 9.17) is 11.6 Å². The number of aryl methyl sites for hydroxylation is 1. The predicted octanol–water partition coefficient (Wildman–Crippen LogP) is 4.66. The van der Waals surface area contributed by atoms with E-state index in [-0.39, 0.29) is 17.9 Å². The summed E-state index contributed by atoms with van der Waals surface area (Å²) in [5, 5.41) is 6.95. The Labute approximate surface area is 121 Å². The summed E-state index contributed by atoms with van der Waals surface area (Å²) in [7, 11) is 0. The second kappa shape index (κ2) is 5.99. The van der Waals surface area contributed by atoms with Crippen molar-refractivity contribution in [3.63, 3.8) is 0 Å². The van der Waals surface area contributed by atoms with Gasteiger partial charge in [-0.15, -0.1) is 11.3 Å². The lowest BCUT2D eigenvalue weighted by atomic mass is 10.1. The Morgan fingerprint density at radius 3 is 2.63 bits per heavy atom. The molecule has 2 nitrogen and oxygen atoms in total. The minimum absolute atomic E-state index is 0.0345. The van der Waals surface area contributed by atoms with E-state index >= 15 is 0 Å². The fourth-order valence-corrected chi connectivity index (χ4v) is 3.10. The highest BCUT2D eigenvalue weighted by Crippen LogP contribution is 2.27. The van der Waals surface area contributed by atoms with Gasteiger partial charge in [0.2, 0.25) is 0 Å². The van der Waals surface area contributed by atoms with E-state index in [2.05, 4.69) is 17.2 Å². The monoisotopic (exact) mass is 298 g/mol. The molecule has 1 aromatic heterocycles. The zero-order valence-corrected chi connectivity index (χ0v) is 12.6. The number of hydrogen-bond donors (Lipinski definition) is 1. The molecule has 0 amide bonds. The predicted molar refractivity (Wildman–Crippen MR) is 78.2 cm³/mol. The molecule has 0 saturated heterocycles. The zero-order valence-electron chi connectivity index (χ0n) is 11.1.